The van der Waals surface area contributed by atoms with Crippen molar-refractivity contribution in [2.45, 2.75) is 44.3 Å². The Hall–Kier alpha value is -4.59. The van der Waals surface area contributed by atoms with Crippen LogP contribution in [0.1, 0.15) is 25.0 Å². The number of rotatable bonds is 5. The van der Waals surface area contributed by atoms with Crippen LogP contribution in [0, 0.1) is 23.0 Å². The second kappa shape index (κ2) is 11.8. The third-order valence-electron chi connectivity index (χ3n) is 9.67. The van der Waals surface area contributed by atoms with Crippen molar-refractivity contribution < 1.29 is 31.9 Å². The molecular formula is C33H31F5N8O2S. The number of anilines is 3. The molecule has 10 nitrogen and oxygen atoms in total. The molecule has 0 bridgehead atoms. The Balaban J connectivity index is 1.45. The van der Waals surface area contributed by atoms with Gasteiger partial charge in [0.1, 0.15) is 28.2 Å². The Morgan fingerprint density at radius 1 is 1.12 bits per heavy atom. The van der Waals surface area contributed by atoms with E-state index < -0.39 is 41.1 Å². The lowest BCUT2D eigenvalue weighted by atomic mass is 9.92. The number of alkyl halides is 3. The summed E-state index contributed by atoms with van der Waals surface area (Å²) in [5, 5.41) is 19.1. The number of halogens is 5. The minimum atomic E-state index is -5.09. The van der Waals surface area contributed by atoms with Gasteiger partial charge in [-0.05, 0) is 37.6 Å². The average Bonchev–Trinajstić information content (AvgIpc) is 3.36. The molecule has 4 aromatic rings. The van der Waals surface area contributed by atoms with E-state index >= 15 is 4.39 Å². The molecule has 3 aliphatic rings. The molecule has 2 atom stereocenters. The van der Waals surface area contributed by atoms with Gasteiger partial charge in [0.15, 0.2) is 5.82 Å². The molecule has 3 aliphatic heterocycles. The summed E-state index contributed by atoms with van der Waals surface area (Å²) in [6.07, 6.45) is -4.29. The Morgan fingerprint density at radius 2 is 1.84 bits per heavy atom. The number of aliphatic hydroxyl groups is 1. The molecule has 3 N–H and O–H groups in total. The number of aromatic nitrogens is 2. The van der Waals surface area contributed by atoms with Crippen LogP contribution in [-0.2, 0) is 11.0 Å². The number of aliphatic hydroxyl groups excluding tert-OH is 1. The number of fused-ring (bicyclic) bond motifs is 2. The number of β-amino-alcohol motifs (C(OH)–C–C–N with tert-alkyl or cyclic N) is 1. The lowest BCUT2D eigenvalue weighted by Crippen LogP contribution is -2.67. The highest BCUT2D eigenvalue weighted by molar-refractivity contribution is 7.23. The van der Waals surface area contributed by atoms with Gasteiger partial charge in [0.05, 0.1) is 21.9 Å². The smallest absolute Gasteiger partial charge is 0.390 e. The number of nitrogens with zero attached hydrogens (tertiary/aromatic N) is 7. The largest absolute Gasteiger partial charge is 0.417 e. The van der Waals surface area contributed by atoms with Gasteiger partial charge in [-0.3, -0.25) is 9.69 Å². The van der Waals surface area contributed by atoms with E-state index in [0.717, 1.165) is 18.2 Å². The van der Waals surface area contributed by atoms with Gasteiger partial charge < -0.3 is 25.5 Å². The number of hydrogen-bond acceptors (Lipinski definition) is 10. The minimum absolute atomic E-state index is 0.0746. The van der Waals surface area contributed by atoms with Crippen LogP contribution in [0.15, 0.2) is 30.9 Å². The first kappa shape index (κ1) is 32.9. The lowest BCUT2D eigenvalue weighted by Gasteiger charge is -2.50. The van der Waals surface area contributed by atoms with Crippen molar-refractivity contribution in [3.63, 3.8) is 0 Å². The zero-order valence-electron chi connectivity index (χ0n) is 26.4. The maximum Gasteiger partial charge on any atom is 0.417 e. The van der Waals surface area contributed by atoms with E-state index in [2.05, 4.69) is 16.5 Å². The summed E-state index contributed by atoms with van der Waals surface area (Å²) in [7, 11) is 0. The van der Waals surface area contributed by atoms with Crippen LogP contribution < -0.4 is 15.5 Å². The van der Waals surface area contributed by atoms with E-state index in [1.807, 2.05) is 6.07 Å². The average molecular weight is 699 g/mol. The van der Waals surface area contributed by atoms with Crippen LogP contribution >= 0.6 is 11.3 Å². The first-order valence-corrected chi connectivity index (χ1v) is 16.4. The first-order valence-electron chi connectivity index (χ1n) is 15.6. The second-order valence-corrected chi connectivity index (χ2v) is 13.9. The summed E-state index contributed by atoms with van der Waals surface area (Å²) in [5.74, 6) is -2.22. The van der Waals surface area contributed by atoms with E-state index in [1.54, 1.807) is 28.5 Å². The van der Waals surface area contributed by atoms with Crippen LogP contribution in [0.4, 0.5) is 38.7 Å². The lowest BCUT2D eigenvalue weighted by molar-refractivity contribution is -0.137. The Labute approximate surface area is 281 Å². The predicted octanol–water partition coefficient (Wildman–Crippen LogP) is 4.74. The number of likely N-dealkylation sites (tertiary alicyclic amines) is 1. The highest BCUT2D eigenvalue weighted by Crippen LogP contribution is 2.48. The topological polar surface area (TPSA) is 126 Å². The van der Waals surface area contributed by atoms with Crippen molar-refractivity contribution in [3.05, 3.63) is 53.6 Å². The summed E-state index contributed by atoms with van der Waals surface area (Å²) in [6.45, 7) is 9.51. The Kier molecular flexibility index (Phi) is 7.92. The number of carbonyl (C=O) groups is 1. The number of carbonyl (C=O) groups excluding carboxylic acids is 1. The van der Waals surface area contributed by atoms with Crippen molar-refractivity contribution in [1.29, 1.82) is 5.26 Å². The fourth-order valence-electron chi connectivity index (χ4n) is 7.04. The number of amides is 1. The van der Waals surface area contributed by atoms with Crippen molar-refractivity contribution in [2.75, 3.05) is 54.8 Å². The van der Waals surface area contributed by atoms with Gasteiger partial charge in [-0.1, -0.05) is 12.6 Å². The summed E-state index contributed by atoms with van der Waals surface area (Å²) in [4.78, 5) is 29.0. The molecule has 3 fully saturated rings. The second-order valence-electron chi connectivity index (χ2n) is 12.8. The summed E-state index contributed by atoms with van der Waals surface area (Å²) < 4.78 is 76.8. The molecule has 256 valence electrons. The van der Waals surface area contributed by atoms with Crippen molar-refractivity contribution in [2.24, 2.45) is 0 Å². The zero-order valence-corrected chi connectivity index (χ0v) is 27.2. The molecule has 2 aromatic carbocycles. The number of nitrogens with two attached hydrogens (primary N) is 1. The molecule has 2 unspecified atom stereocenters. The fourth-order valence-corrected chi connectivity index (χ4v) is 7.99. The SMILES string of the molecule is C=CC(=O)N1CC(C)N(c2nc(N3CC(N4CC(O)C4)C3)nc3c(F)c(-c4ccc(F)c5sc(N)c(C#N)c45)c(C(F)(F)F)cc23)CC1C. The number of hydrogen-bond donors (Lipinski definition) is 2. The molecule has 1 amide bonds. The maximum atomic E-state index is 17.1. The Bertz CT molecular complexity index is 2070. The van der Waals surface area contributed by atoms with Gasteiger partial charge in [-0.15, -0.1) is 11.3 Å². The molecule has 16 heteroatoms. The van der Waals surface area contributed by atoms with Crippen molar-refractivity contribution in [3.8, 4) is 17.2 Å². The van der Waals surface area contributed by atoms with E-state index in [-0.39, 0.29) is 80.0 Å². The molecule has 3 saturated heterocycles. The first-order chi connectivity index (χ1) is 23.2. The van der Waals surface area contributed by atoms with Gasteiger partial charge in [-0.25, -0.2) is 13.8 Å². The van der Waals surface area contributed by atoms with Gasteiger partial charge in [-0.2, -0.15) is 23.4 Å². The number of nitriles is 1. The fraction of sp³-hybridized carbons (Fsp3) is 0.394. The standard InChI is InChI=1S/C33H31F5N8O2S/c1-4-24(48)45-9-16(3)46(10-15(45)2)31-20-7-22(33(36,37)38)26(19-5-6-23(34)29-25(19)21(8-39)30(40)49-29)27(35)28(20)41-32(42-31)44-11-17(12-44)43-13-18(47)14-43/h4-7,15-18,47H,1,9-14,40H2,2-3H3. The van der Waals surface area contributed by atoms with Crippen LogP contribution in [0.2, 0.25) is 0 Å². The number of thiophene rings is 1. The van der Waals surface area contributed by atoms with Gasteiger partial charge in [0.25, 0.3) is 0 Å². The van der Waals surface area contributed by atoms with Gasteiger partial charge in [0, 0.05) is 73.7 Å². The minimum Gasteiger partial charge on any atom is -0.390 e. The molecular weight excluding hydrogens is 667 g/mol. The van der Waals surface area contributed by atoms with Crippen molar-refractivity contribution in [1.82, 2.24) is 19.8 Å². The van der Waals surface area contributed by atoms with Gasteiger partial charge in [0.2, 0.25) is 11.9 Å². The molecule has 0 radical (unpaired) electrons. The predicted molar refractivity (Wildman–Crippen MR) is 176 cm³/mol. The third kappa shape index (κ3) is 5.31. The quantitative estimate of drug-likeness (QED) is 0.225. The monoisotopic (exact) mass is 698 g/mol. The summed E-state index contributed by atoms with van der Waals surface area (Å²) in [6, 6.07) is 3.87. The maximum absolute atomic E-state index is 17.1. The number of piperazine rings is 1. The summed E-state index contributed by atoms with van der Waals surface area (Å²) >= 11 is 0.697. The highest BCUT2D eigenvalue weighted by atomic mass is 32.1. The van der Waals surface area contributed by atoms with Crippen LogP contribution in [0.3, 0.4) is 0 Å². The molecule has 5 heterocycles. The number of benzene rings is 2. The third-order valence-corrected chi connectivity index (χ3v) is 10.7. The van der Waals surface area contributed by atoms with E-state index in [1.165, 1.54) is 6.08 Å². The molecule has 49 heavy (non-hydrogen) atoms. The van der Waals surface area contributed by atoms with Crippen molar-refractivity contribution >= 4 is 55.0 Å². The molecule has 0 saturated carbocycles. The summed E-state index contributed by atoms with van der Waals surface area (Å²) in [5.41, 5.74) is 2.76. The van der Waals surface area contributed by atoms with Crippen LogP contribution in [0.25, 0.3) is 32.1 Å². The highest BCUT2D eigenvalue weighted by Gasteiger charge is 2.42. The molecule has 0 aliphatic carbocycles. The normalized spacial score (nSPS) is 20.8. The van der Waals surface area contributed by atoms with Crippen LogP contribution in [0.5, 0.6) is 0 Å². The van der Waals surface area contributed by atoms with Gasteiger partial charge >= 0.3 is 6.18 Å². The van der Waals surface area contributed by atoms with E-state index in [0.29, 0.717) is 37.5 Å². The van der Waals surface area contributed by atoms with E-state index in [9.17, 15) is 32.7 Å². The molecule has 0 spiro atoms. The zero-order chi connectivity index (χ0) is 35.1. The Morgan fingerprint density at radius 3 is 2.47 bits per heavy atom. The van der Waals surface area contributed by atoms with E-state index in [4.69, 9.17) is 10.7 Å². The molecule has 2 aromatic heterocycles. The van der Waals surface area contributed by atoms with Crippen LogP contribution in [-0.4, -0.2) is 94.3 Å². The molecule has 7 rings (SSSR count). The number of nitrogen functional groups attached to an aromatic ring is 1.